The molecule has 0 radical (unpaired) electrons. The quantitative estimate of drug-likeness (QED) is 0.164. The predicted octanol–water partition coefficient (Wildman–Crippen LogP) is 7.59. The SMILES string of the molecule is C=C(/C(C)=C(C#N)\C=C/C)[C@H](Nc1cc(C#N)c2ncc(C#N)c(NCC(C)(C)C(F)(F)F)c2c1)c1cn(C2(C3CC3)CC2)nn1. The highest BCUT2D eigenvalue weighted by molar-refractivity contribution is 5.99. The maximum Gasteiger partial charge on any atom is 0.395 e. The molecule has 2 aromatic heterocycles. The molecular weight excluding hydrogens is 591 g/mol. The van der Waals surface area contributed by atoms with Crippen molar-refractivity contribution in [1.82, 2.24) is 20.0 Å². The predicted molar refractivity (Wildman–Crippen MR) is 168 cm³/mol. The van der Waals surface area contributed by atoms with Crippen molar-refractivity contribution in [2.75, 3.05) is 17.2 Å². The molecule has 12 heteroatoms. The van der Waals surface area contributed by atoms with Crippen LogP contribution in [-0.4, -0.2) is 32.7 Å². The molecule has 1 atom stereocenters. The van der Waals surface area contributed by atoms with E-state index in [-0.39, 0.29) is 27.9 Å². The van der Waals surface area contributed by atoms with Gasteiger partial charge in [0.15, 0.2) is 0 Å². The zero-order valence-electron chi connectivity index (χ0n) is 26.1. The van der Waals surface area contributed by atoms with Crippen LogP contribution in [0.3, 0.4) is 0 Å². The largest absolute Gasteiger partial charge is 0.395 e. The molecule has 46 heavy (non-hydrogen) atoms. The third-order valence-electron chi connectivity index (χ3n) is 9.05. The van der Waals surface area contributed by atoms with Crippen LogP contribution in [0.25, 0.3) is 10.9 Å². The molecule has 236 valence electrons. The van der Waals surface area contributed by atoms with Gasteiger partial charge in [0.1, 0.15) is 17.8 Å². The molecule has 5 rings (SSSR count). The molecule has 2 saturated carbocycles. The lowest BCUT2D eigenvalue weighted by Gasteiger charge is -2.29. The second-order valence-electron chi connectivity index (χ2n) is 12.6. The van der Waals surface area contributed by atoms with E-state index in [1.54, 1.807) is 31.2 Å². The van der Waals surface area contributed by atoms with E-state index < -0.39 is 24.2 Å². The zero-order valence-corrected chi connectivity index (χ0v) is 26.1. The van der Waals surface area contributed by atoms with E-state index in [1.807, 2.05) is 23.9 Å². The summed E-state index contributed by atoms with van der Waals surface area (Å²) in [6.07, 6.45) is 6.48. The van der Waals surface area contributed by atoms with Crippen molar-refractivity contribution in [3.8, 4) is 18.2 Å². The van der Waals surface area contributed by atoms with Gasteiger partial charge in [-0.3, -0.25) is 4.98 Å². The van der Waals surface area contributed by atoms with Gasteiger partial charge in [-0.2, -0.15) is 29.0 Å². The Labute approximate surface area is 265 Å². The van der Waals surface area contributed by atoms with E-state index in [9.17, 15) is 29.0 Å². The average Bonchev–Trinajstić information content (AvgIpc) is 3.97. The van der Waals surface area contributed by atoms with Crippen molar-refractivity contribution in [3.05, 3.63) is 76.8 Å². The Morgan fingerprint density at radius 3 is 2.43 bits per heavy atom. The summed E-state index contributed by atoms with van der Waals surface area (Å²) in [5, 5.41) is 45.3. The van der Waals surface area contributed by atoms with Gasteiger partial charge >= 0.3 is 6.18 Å². The molecule has 2 fully saturated rings. The van der Waals surface area contributed by atoms with Gasteiger partial charge in [0.05, 0.1) is 57.2 Å². The molecule has 0 amide bonds. The summed E-state index contributed by atoms with van der Waals surface area (Å²) in [5.74, 6) is 0.576. The number of hydrogen-bond donors (Lipinski definition) is 2. The molecule has 0 spiro atoms. The number of anilines is 2. The average molecular weight is 626 g/mol. The molecule has 1 aromatic carbocycles. The van der Waals surface area contributed by atoms with E-state index in [0.717, 1.165) is 39.5 Å². The molecule has 0 bridgehead atoms. The fourth-order valence-electron chi connectivity index (χ4n) is 5.66. The lowest BCUT2D eigenvalue weighted by Crippen LogP contribution is -2.38. The smallest absolute Gasteiger partial charge is 0.382 e. The number of nitriles is 3. The number of aromatic nitrogens is 4. The van der Waals surface area contributed by atoms with Gasteiger partial charge in [0, 0.05) is 23.8 Å². The minimum atomic E-state index is -4.50. The monoisotopic (exact) mass is 625 g/mol. The highest BCUT2D eigenvalue weighted by Gasteiger charge is 2.56. The Hall–Kier alpha value is -5.15. The lowest BCUT2D eigenvalue weighted by molar-refractivity contribution is -0.206. The standard InChI is InChI=1S/C34H34F3N9/c1-6-7-22(14-38)20(2)21(3)29(28-18-46(45-44-28)33(10-11-33)25-8-9-25)43-26-12-23(15-39)30-27(13-26)31(24(16-40)17-41-30)42-19-32(4,5)34(35,36)37/h6-7,12-13,17-18,25,29,43H,3,8-11,19H2,1-2,4-5H3,(H,41,42)/b7-6-,22-20+/t29-/m0/s1. The van der Waals surface area contributed by atoms with Crippen molar-refractivity contribution in [2.45, 2.75) is 71.1 Å². The van der Waals surface area contributed by atoms with Crippen LogP contribution in [0.2, 0.25) is 0 Å². The Kier molecular flexibility index (Phi) is 8.40. The summed E-state index contributed by atoms with van der Waals surface area (Å²) in [6.45, 7) is 9.55. The minimum absolute atomic E-state index is 0.0220. The molecule has 9 nitrogen and oxygen atoms in total. The Morgan fingerprint density at radius 2 is 1.87 bits per heavy atom. The molecule has 2 heterocycles. The van der Waals surface area contributed by atoms with Crippen molar-refractivity contribution < 1.29 is 13.2 Å². The molecule has 3 aromatic rings. The number of alkyl halides is 3. The summed E-state index contributed by atoms with van der Waals surface area (Å²) in [4.78, 5) is 4.30. The summed E-state index contributed by atoms with van der Waals surface area (Å²) < 4.78 is 43.0. The number of halogens is 3. The van der Waals surface area contributed by atoms with E-state index in [2.05, 4.69) is 44.6 Å². The topological polar surface area (TPSA) is 139 Å². The van der Waals surface area contributed by atoms with Gasteiger partial charge in [-0.15, -0.1) is 5.10 Å². The van der Waals surface area contributed by atoms with Gasteiger partial charge in [-0.05, 0) is 88.7 Å². The van der Waals surface area contributed by atoms with Crippen LogP contribution in [0.15, 0.2) is 60.0 Å². The number of pyridine rings is 1. The number of fused-ring (bicyclic) bond motifs is 1. The van der Waals surface area contributed by atoms with Crippen LogP contribution in [0, 0.1) is 45.3 Å². The van der Waals surface area contributed by atoms with Crippen LogP contribution in [0.4, 0.5) is 24.5 Å². The van der Waals surface area contributed by atoms with Gasteiger partial charge in [0.2, 0.25) is 0 Å². The fourth-order valence-corrected chi connectivity index (χ4v) is 5.66. The number of hydrogen-bond acceptors (Lipinski definition) is 8. The van der Waals surface area contributed by atoms with E-state index in [0.29, 0.717) is 39.4 Å². The summed E-state index contributed by atoms with van der Waals surface area (Å²) in [6, 6.07) is 8.87. The number of allylic oxidation sites excluding steroid dienone is 3. The molecule has 2 N–H and O–H groups in total. The molecule has 0 aliphatic heterocycles. The molecule has 2 aliphatic rings. The normalized spacial score (nSPS) is 17.0. The van der Waals surface area contributed by atoms with Crippen molar-refractivity contribution in [3.63, 3.8) is 0 Å². The second kappa shape index (κ2) is 12.0. The van der Waals surface area contributed by atoms with Gasteiger partial charge in [-0.1, -0.05) is 17.9 Å². The van der Waals surface area contributed by atoms with Gasteiger partial charge in [-0.25, -0.2) is 4.68 Å². The van der Waals surface area contributed by atoms with Crippen LogP contribution in [-0.2, 0) is 5.54 Å². The van der Waals surface area contributed by atoms with Crippen molar-refractivity contribution in [2.24, 2.45) is 11.3 Å². The lowest BCUT2D eigenvalue weighted by atomic mass is 9.92. The Morgan fingerprint density at radius 1 is 1.17 bits per heavy atom. The second-order valence-corrected chi connectivity index (χ2v) is 12.6. The Bertz CT molecular complexity index is 1890. The molecule has 0 unspecified atom stereocenters. The van der Waals surface area contributed by atoms with Crippen molar-refractivity contribution in [1.29, 1.82) is 15.8 Å². The van der Waals surface area contributed by atoms with E-state index in [4.69, 9.17) is 0 Å². The highest BCUT2D eigenvalue weighted by Crippen LogP contribution is 2.59. The number of benzene rings is 1. The molecule has 0 saturated heterocycles. The van der Waals surface area contributed by atoms with Gasteiger partial charge in [0.25, 0.3) is 0 Å². The minimum Gasteiger partial charge on any atom is -0.382 e. The first-order chi connectivity index (χ1) is 21.8. The van der Waals surface area contributed by atoms with Crippen LogP contribution in [0.5, 0.6) is 0 Å². The number of nitrogens with one attached hydrogen (secondary N) is 2. The maximum atomic E-state index is 13.7. The first-order valence-corrected chi connectivity index (χ1v) is 15.0. The zero-order chi connectivity index (χ0) is 33.4. The van der Waals surface area contributed by atoms with Crippen molar-refractivity contribution >= 4 is 22.3 Å². The first-order valence-electron chi connectivity index (χ1n) is 15.0. The fraction of sp³-hybridized carbons (Fsp3) is 0.412. The third-order valence-corrected chi connectivity index (χ3v) is 9.05. The Balaban J connectivity index is 1.61. The summed E-state index contributed by atoms with van der Waals surface area (Å²) in [5.41, 5.74) is 1.00. The molecular formula is C34H34F3N9. The van der Waals surface area contributed by atoms with E-state index in [1.165, 1.54) is 6.20 Å². The van der Waals surface area contributed by atoms with E-state index >= 15 is 0 Å². The first kappa shape index (κ1) is 32.2. The molecule has 2 aliphatic carbocycles. The van der Waals surface area contributed by atoms with Crippen LogP contribution in [0.1, 0.15) is 76.2 Å². The summed E-state index contributed by atoms with van der Waals surface area (Å²) >= 11 is 0. The maximum absolute atomic E-state index is 13.7. The van der Waals surface area contributed by atoms with Crippen LogP contribution >= 0.6 is 0 Å². The summed E-state index contributed by atoms with van der Waals surface area (Å²) in [7, 11) is 0. The third kappa shape index (κ3) is 5.93. The van der Waals surface area contributed by atoms with Gasteiger partial charge < -0.3 is 10.6 Å². The highest BCUT2D eigenvalue weighted by atomic mass is 19.4. The van der Waals surface area contributed by atoms with Crippen LogP contribution < -0.4 is 10.6 Å². The number of nitrogens with zero attached hydrogens (tertiary/aromatic N) is 7. The number of rotatable bonds is 11.